The highest BCUT2D eigenvalue weighted by Gasteiger charge is 2.24. The summed E-state index contributed by atoms with van der Waals surface area (Å²) in [5.41, 5.74) is 5.25. The number of carbonyl (C=O) groups is 1. The Hall–Kier alpha value is -3.50. The molecule has 0 unspecified atom stereocenters. The van der Waals surface area contributed by atoms with E-state index in [0.717, 1.165) is 27.7 Å². The van der Waals surface area contributed by atoms with Crippen LogP contribution in [-0.2, 0) is 11.3 Å². The number of rotatable bonds is 6. The van der Waals surface area contributed by atoms with E-state index >= 15 is 0 Å². The van der Waals surface area contributed by atoms with Crippen LogP contribution in [0.3, 0.4) is 0 Å². The predicted molar refractivity (Wildman–Crippen MR) is 119 cm³/mol. The number of quaternary nitrogens is 1. The molecule has 0 bridgehead atoms. The first-order valence-electron chi connectivity index (χ1n) is 10.1. The number of nitrogens with two attached hydrogens (primary N) is 1. The molecule has 3 aromatic carbocycles. The summed E-state index contributed by atoms with van der Waals surface area (Å²) >= 11 is 0. The van der Waals surface area contributed by atoms with Gasteiger partial charge in [-0.25, -0.2) is 9.78 Å². The quantitative estimate of drug-likeness (QED) is 0.487. The van der Waals surface area contributed by atoms with Gasteiger partial charge in [0.25, 0.3) is 0 Å². The van der Waals surface area contributed by atoms with E-state index in [1.54, 1.807) is 0 Å². The Kier molecular flexibility index (Phi) is 5.87. The van der Waals surface area contributed by atoms with Crippen LogP contribution in [-0.4, -0.2) is 18.1 Å². The molecule has 1 aromatic heterocycles. The molecular formula is C26H25N2O2+. The maximum Gasteiger partial charge on any atom is 0.340 e. The molecule has 4 heteroatoms. The van der Waals surface area contributed by atoms with Crippen LogP contribution >= 0.6 is 0 Å². The van der Waals surface area contributed by atoms with Crippen molar-refractivity contribution >= 4 is 16.9 Å². The number of aromatic nitrogens is 1. The number of pyridine rings is 1. The molecule has 1 atom stereocenters. The molecule has 4 aromatic rings. The Balaban J connectivity index is 1.83. The highest BCUT2D eigenvalue weighted by atomic mass is 16.5. The topological polar surface area (TPSA) is 55.8 Å². The number of esters is 1. The lowest BCUT2D eigenvalue weighted by Gasteiger charge is -2.17. The molecule has 0 aliphatic carbocycles. The first kappa shape index (κ1) is 19.8. The number of hydrogen-bond acceptors (Lipinski definition) is 3. The number of carbonyl (C=O) groups excluding carboxylic acids is 1. The molecule has 4 rings (SSSR count). The van der Waals surface area contributed by atoms with Gasteiger partial charge >= 0.3 is 5.97 Å². The zero-order valence-electron chi connectivity index (χ0n) is 17.2. The fourth-order valence-electron chi connectivity index (χ4n) is 3.82. The van der Waals surface area contributed by atoms with Crippen LogP contribution in [0, 0.1) is 0 Å². The van der Waals surface area contributed by atoms with Crippen molar-refractivity contribution in [3.8, 4) is 11.1 Å². The molecular weight excluding hydrogens is 372 g/mol. The molecule has 30 heavy (non-hydrogen) atoms. The molecule has 0 fully saturated rings. The SMILES string of the molecule is COC(=O)c1c(C[NH2+][C@@H](C)c2ccccc2)nc2ccccc2c1-c1ccccc1. The summed E-state index contributed by atoms with van der Waals surface area (Å²) in [6.07, 6.45) is 0. The Morgan fingerprint density at radius 2 is 1.57 bits per heavy atom. The largest absolute Gasteiger partial charge is 0.465 e. The van der Waals surface area contributed by atoms with Crippen molar-refractivity contribution in [3.63, 3.8) is 0 Å². The van der Waals surface area contributed by atoms with E-state index < -0.39 is 0 Å². The number of methoxy groups -OCH3 is 1. The van der Waals surface area contributed by atoms with Crippen molar-refractivity contribution < 1.29 is 14.8 Å². The molecule has 0 radical (unpaired) electrons. The van der Waals surface area contributed by atoms with E-state index in [-0.39, 0.29) is 12.0 Å². The lowest BCUT2D eigenvalue weighted by atomic mass is 9.94. The van der Waals surface area contributed by atoms with Crippen molar-refractivity contribution in [2.75, 3.05) is 7.11 Å². The first-order chi connectivity index (χ1) is 14.7. The van der Waals surface area contributed by atoms with Gasteiger partial charge in [-0.2, -0.15) is 0 Å². The van der Waals surface area contributed by atoms with Gasteiger partial charge in [-0.05, 0) is 18.6 Å². The number of ether oxygens (including phenoxy) is 1. The smallest absolute Gasteiger partial charge is 0.340 e. The van der Waals surface area contributed by atoms with Crippen molar-refractivity contribution in [2.45, 2.75) is 19.5 Å². The Bertz CT molecular complexity index is 1160. The predicted octanol–water partition coefficient (Wildman–Crippen LogP) is 4.51. The molecule has 1 heterocycles. The minimum Gasteiger partial charge on any atom is -0.465 e. The third-order valence-corrected chi connectivity index (χ3v) is 5.41. The van der Waals surface area contributed by atoms with Gasteiger partial charge in [0.1, 0.15) is 18.3 Å². The molecule has 0 amide bonds. The zero-order valence-corrected chi connectivity index (χ0v) is 17.2. The van der Waals surface area contributed by atoms with Crippen molar-refractivity contribution in [2.24, 2.45) is 0 Å². The highest BCUT2D eigenvalue weighted by Crippen LogP contribution is 2.33. The van der Waals surface area contributed by atoms with Gasteiger partial charge < -0.3 is 10.1 Å². The summed E-state index contributed by atoms with van der Waals surface area (Å²) in [7, 11) is 1.42. The monoisotopic (exact) mass is 397 g/mol. The average molecular weight is 397 g/mol. The Labute approximate surface area is 176 Å². The van der Waals surface area contributed by atoms with Crippen LogP contribution in [0.2, 0.25) is 0 Å². The van der Waals surface area contributed by atoms with Crippen LogP contribution in [0.25, 0.3) is 22.0 Å². The van der Waals surface area contributed by atoms with E-state index in [1.807, 2.05) is 72.8 Å². The fourth-order valence-corrected chi connectivity index (χ4v) is 3.82. The van der Waals surface area contributed by atoms with Gasteiger partial charge in [-0.15, -0.1) is 0 Å². The second-order valence-electron chi connectivity index (χ2n) is 7.32. The van der Waals surface area contributed by atoms with E-state index in [9.17, 15) is 4.79 Å². The second kappa shape index (κ2) is 8.89. The fraction of sp³-hybridized carbons (Fsp3) is 0.154. The zero-order chi connectivity index (χ0) is 20.9. The summed E-state index contributed by atoms with van der Waals surface area (Å²) in [5, 5.41) is 3.15. The summed E-state index contributed by atoms with van der Waals surface area (Å²) in [5.74, 6) is -0.358. The van der Waals surface area contributed by atoms with Gasteiger partial charge in [0.05, 0.1) is 18.2 Å². The van der Waals surface area contributed by atoms with E-state index in [4.69, 9.17) is 9.72 Å². The molecule has 0 saturated heterocycles. The Morgan fingerprint density at radius 1 is 0.933 bits per heavy atom. The van der Waals surface area contributed by atoms with E-state index in [2.05, 4.69) is 24.4 Å². The number of fused-ring (bicyclic) bond motifs is 1. The van der Waals surface area contributed by atoms with E-state index in [1.165, 1.54) is 12.7 Å². The van der Waals surface area contributed by atoms with Gasteiger partial charge in [-0.1, -0.05) is 78.9 Å². The number of hydrogen-bond donors (Lipinski definition) is 1. The number of para-hydroxylation sites is 1. The van der Waals surface area contributed by atoms with Crippen molar-refractivity contribution in [1.82, 2.24) is 4.98 Å². The average Bonchev–Trinajstić information content (AvgIpc) is 2.82. The van der Waals surface area contributed by atoms with Gasteiger partial charge in [0, 0.05) is 16.5 Å². The maximum absolute atomic E-state index is 12.9. The van der Waals surface area contributed by atoms with Crippen LogP contribution in [0.4, 0.5) is 0 Å². The first-order valence-corrected chi connectivity index (χ1v) is 10.1. The summed E-state index contributed by atoms with van der Waals surface area (Å²) < 4.78 is 5.19. The molecule has 0 aliphatic heterocycles. The van der Waals surface area contributed by atoms with Crippen molar-refractivity contribution in [1.29, 1.82) is 0 Å². The molecule has 0 saturated carbocycles. The Morgan fingerprint density at radius 3 is 2.27 bits per heavy atom. The molecule has 150 valence electrons. The maximum atomic E-state index is 12.9. The summed E-state index contributed by atoms with van der Waals surface area (Å²) in [6, 6.07) is 28.5. The van der Waals surface area contributed by atoms with Crippen molar-refractivity contribution in [3.05, 3.63) is 102 Å². The van der Waals surface area contributed by atoms with Gasteiger partial charge in [0.2, 0.25) is 0 Å². The summed E-state index contributed by atoms with van der Waals surface area (Å²) in [4.78, 5) is 17.8. The van der Waals surface area contributed by atoms with Gasteiger partial charge in [-0.3, -0.25) is 0 Å². The van der Waals surface area contributed by atoms with E-state index in [0.29, 0.717) is 12.1 Å². The van der Waals surface area contributed by atoms with Crippen LogP contribution < -0.4 is 5.32 Å². The normalized spacial score (nSPS) is 11.9. The van der Waals surface area contributed by atoms with Crippen LogP contribution in [0.1, 0.15) is 34.6 Å². The lowest BCUT2D eigenvalue weighted by molar-refractivity contribution is -0.708. The van der Waals surface area contributed by atoms with Crippen LogP contribution in [0.5, 0.6) is 0 Å². The number of benzene rings is 3. The standard InChI is InChI=1S/C26H24N2O2/c1-18(19-11-5-3-6-12-19)27-17-23-25(26(29)30-2)24(20-13-7-4-8-14-20)21-15-9-10-16-22(21)28-23/h3-16,18,27H,17H2,1-2H3/p+1/t18-/m0/s1. The third kappa shape index (κ3) is 3.95. The number of nitrogens with zero attached hydrogens (tertiary/aromatic N) is 1. The molecule has 2 N–H and O–H groups in total. The second-order valence-corrected chi connectivity index (χ2v) is 7.32. The highest BCUT2D eigenvalue weighted by molar-refractivity contribution is 6.07. The molecule has 0 aliphatic rings. The lowest BCUT2D eigenvalue weighted by Crippen LogP contribution is -2.83. The molecule has 4 nitrogen and oxygen atoms in total. The summed E-state index contributed by atoms with van der Waals surface area (Å²) in [6.45, 7) is 2.73. The van der Waals surface area contributed by atoms with Crippen LogP contribution in [0.15, 0.2) is 84.9 Å². The van der Waals surface area contributed by atoms with Gasteiger partial charge in [0.15, 0.2) is 0 Å². The third-order valence-electron chi connectivity index (χ3n) is 5.41. The molecule has 0 spiro atoms. The minimum absolute atomic E-state index is 0.241. The minimum atomic E-state index is -0.358.